The highest BCUT2D eigenvalue weighted by Gasteiger charge is 2.27. The van der Waals surface area contributed by atoms with Crippen molar-refractivity contribution in [2.75, 3.05) is 12.4 Å². The number of para-hydroxylation sites is 2. The minimum atomic E-state index is -0.158. The number of aryl methyl sites for hydroxylation is 1. The summed E-state index contributed by atoms with van der Waals surface area (Å²) in [6.45, 7) is 0.662. The molecule has 0 saturated carbocycles. The lowest BCUT2D eigenvalue weighted by Crippen LogP contribution is -2.29. The van der Waals surface area contributed by atoms with Crippen molar-refractivity contribution in [2.45, 2.75) is 19.5 Å². The Morgan fingerprint density at radius 1 is 1.00 bits per heavy atom. The van der Waals surface area contributed by atoms with Gasteiger partial charge in [0, 0.05) is 23.1 Å². The molecular formula is C27H22N4O3. The molecule has 0 spiro atoms. The van der Waals surface area contributed by atoms with Gasteiger partial charge in [0.15, 0.2) is 5.82 Å². The topological polar surface area (TPSA) is 78.2 Å². The molecule has 168 valence electrons. The number of hydrogen-bond acceptors (Lipinski definition) is 4. The number of anilines is 1. The van der Waals surface area contributed by atoms with Crippen molar-refractivity contribution in [1.82, 2.24) is 14.1 Å². The third kappa shape index (κ3) is 3.16. The summed E-state index contributed by atoms with van der Waals surface area (Å²) < 4.78 is 8.91. The third-order valence-electron chi connectivity index (χ3n) is 6.41. The summed E-state index contributed by atoms with van der Waals surface area (Å²) in [4.78, 5) is 31.2. The summed E-state index contributed by atoms with van der Waals surface area (Å²) in [7, 11) is 1.61. The molecule has 6 rings (SSSR count). The number of nitrogens with zero attached hydrogens (tertiary/aromatic N) is 3. The van der Waals surface area contributed by atoms with Gasteiger partial charge in [-0.1, -0.05) is 30.3 Å². The number of amides is 1. The van der Waals surface area contributed by atoms with E-state index in [1.807, 2.05) is 59.2 Å². The molecule has 34 heavy (non-hydrogen) atoms. The van der Waals surface area contributed by atoms with Crippen LogP contribution in [0.2, 0.25) is 0 Å². The number of methoxy groups -OCH3 is 1. The van der Waals surface area contributed by atoms with E-state index in [1.54, 1.807) is 23.8 Å². The number of fused-ring (bicyclic) bond motifs is 6. The Morgan fingerprint density at radius 3 is 2.53 bits per heavy atom. The van der Waals surface area contributed by atoms with Gasteiger partial charge in [0.05, 0.1) is 23.7 Å². The van der Waals surface area contributed by atoms with Gasteiger partial charge in [0.1, 0.15) is 12.3 Å². The second kappa shape index (κ2) is 7.88. The number of nitrogens with one attached hydrogen (secondary N) is 1. The molecule has 0 bridgehead atoms. The Kier molecular flexibility index (Phi) is 4.69. The van der Waals surface area contributed by atoms with E-state index >= 15 is 0 Å². The normalized spacial score (nSPS) is 12.4. The Bertz CT molecular complexity index is 1630. The van der Waals surface area contributed by atoms with Gasteiger partial charge in [-0.2, -0.15) is 0 Å². The van der Waals surface area contributed by atoms with Crippen molar-refractivity contribution < 1.29 is 9.53 Å². The number of ether oxygens (including phenoxy) is 1. The van der Waals surface area contributed by atoms with Crippen LogP contribution in [-0.4, -0.2) is 27.1 Å². The highest BCUT2D eigenvalue weighted by Crippen LogP contribution is 2.36. The van der Waals surface area contributed by atoms with Crippen LogP contribution in [0.4, 0.5) is 5.69 Å². The number of benzene rings is 3. The molecule has 0 aliphatic carbocycles. The molecule has 1 aliphatic heterocycles. The molecule has 1 amide bonds. The number of carbonyl (C=O) groups excluding carboxylic acids is 1. The van der Waals surface area contributed by atoms with Gasteiger partial charge in [-0.3, -0.25) is 14.2 Å². The lowest BCUT2D eigenvalue weighted by atomic mass is 10.0. The zero-order chi connectivity index (χ0) is 23.2. The fourth-order valence-electron chi connectivity index (χ4n) is 4.85. The average Bonchev–Trinajstić information content (AvgIpc) is 3.18. The zero-order valence-electron chi connectivity index (χ0n) is 18.6. The van der Waals surface area contributed by atoms with Crippen molar-refractivity contribution in [2.24, 2.45) is 0 Å². The van der Waals surface area contributed by atoms with Crippen LogP contribution in [0.1, 0.15) is 5.56 Å². The minimum absolute atomic E-state index is 0.0502. The van der Waals surface area contributed by atoms with Gasteiger partial charge < -0.3 is 14.6 Å². The lowest BCUT2D eigenvalue weighted by molar-refractivity contribution is -0.116. The summed E-state index contributed by atoms with van der Waals surface area (Å²) in [5.74, 6) is 1.18. The van der Waals surface area contributed by atoms with Crippen LogP contribution >= 0.6 is 0 Å². The summed E-state index contributed by atoms with van der Waals surface area (Å²) in [6, 6.07) is 22.7. The van der Waals surface area contributed by atoms with E-state index in [-0.39, 0.29) is 18.0 Å². The van der Waals surface area contributed by atoms with Crippen LogP contribution in [0.3, 0.4) is 0 Å². The fraction of sp³-hybridized carbons (Fsp3) is 0.148. The van der Waals surface area contributed by atoms with Crippen LogP contribution in [0, 0.1) is 0 Å². The zero-order valence-corrected chi connectivity index (χ0v) is 18.6. The summed E-state index contributed by atoms with van der Waals surface area (Å²) >= 11 is 0. The molecule has 7 nitrogen and oxygen atoms in total. The predicted molar refractivity (Wildman–Crippen MR) is 132 cm³/mol. The maximum Gasteiger partial charge on any atom is 0.261 e. The van der Waals surface area contributed by atoms with Crippen LogP contribution < -0.4 is 15.6 Å². The second-order valence-corrected chi connectivity index (χ2v) is 8.37. The quantitative estimate of drug-likeness (QED) is 0.445. The van der Waals surface area contributed by atoms with Crippen molar-refractivity contribution in [3.8, 4) is 17.3 Å². The standard InChI is InChI=1S/C27H22N4O3/c1-34-18-12-10-17(11-13-18)28-24(32)16-31-23-9-5-3-6-19(23)20-14-15-30-26(25(20)31)29-22-8-4-2-7-21(22)27(30)33/h2-13H,14-16H2,1H3,(H,28,32). The molecule has 0 atom stereocenters. The molecule has 2 aromatic heterocycles. The van der Waals surface area contributed by atoms with E-state index in [2.05, 4.69) is 11.4 Å². The first-order valence-electron chi connectivity index (χ1n) is 11.2. The Balaban J connectivity index is 1.48. The van der Waals surface area contributed by atoms with Gasteiger partial charge in [-0.05, 0) is 54.4 Å². The summed E-state index contributed by atoms with van der Waals surface area (Å²) in [5.41, 5.74) is 4.21. The molecule has 3 aromatic carbocycles. The van der Waals surface area contributed by atoms with E-state index in [1.165, 1.54) is 0 Å². The van der Waals surface area contributed by atoms with Crippen molar-refractivity contribution in [1.29, 1.82) is 0 Å². The van der Waals surface area contributed by atoms with E-state index in [0.717, 1.165) is 27.9 Å². The van der Waals surface area contributed by atoms with E-state index in [0.29, 0.717) is 35.4 Å². The van der Waals surface area contributed by atoms with Crippen LogP contribution in [0.25, 0.3) is 33.3 Å². The van der Waals surface area contributed by atoms with Crippen molar-refractivity contribution in [3.05, 3.63) is 88.7 Å². The monoisotopic (exact) mass is 450 g/mol. The largest absolute Gasteiger partial charge is 0.497 e. The van der Waals surface area contributed by atoms with Gasteiger partial charge in [-0.15, -0.1) is 0 Å². The van der Waals surface area contributed by atoms with Crippen LogP contribution in [0.5, 0.6) is 5.75 Å². The molecule has 0 fully saturated rings. The lowest BCUT2D eigenvalue weighted by Gasteiger charge is -2.21. The van der Waals surface area contributed by atoms with Crippen LogP contribution in [0.15, 0.2) is 77.6 Å². The maximum absolute atomic E-state index is 13.2. The van der Waals surface area contributed by atoms with Gasteiger partial charge in [-0.25, -0.2) is 4.98 Å². The molecule has 3 heterocycles. The molecule has 1 N–H and O–H groups in total. The molecular weight excluding hydrogens is 428 g/mol. The molecule has 0 radical (unpaired) electrons. The second-order valence-electron chi connectivity index (χ2n) is 8.37. The van der Waals surface area contributed by atoms with E-state index < -0.39 is 0 Å². The van der Waals surface area contributed by atoms with Crippen LogP contribution in [-0.2, 0) is 24.3 Å². The molecule has 7 heteroatoms. The molecule has 0 saturated heterocycles. The number of carbonyl (C=O) groups is 1. The first kappa shape index (κ1) is 20.2. The van der Waals surface area contributed by atoms with E-state index in [9.17, 15) is 9.59 Å². The molecule has 0 unspecified atom stereocenters. The molecule has 5 aromatic rings. The third-order valence-corrected chi connectivity index (χ3v) is 6.41. The first-order valence-corrected chi connectivity index (χ1v) is 11.2. The fourth-order valence-corrected chi connectivity index (χ4v) is 4.85. The Hall–Kier alpha value is -4.39. The maximum atomic E-state index is 13.2. The smallest absolute Gasteiger partial charge is 0.261 e. The number of rotatable bonds is 4. The van der Waals surface area contributed by atoms with Gasteiger partial charge in [0.2, 0.25) is 5.91 Å². The number of aromatic nitrogens is 3. The highest BCUT2D eigenvalue weighted by atomic mass is 16.5. The van der Waals surface area contributed by atoms with Crippen molar-refractivity contribution >= 4 is 33.4 Å². The first-order chi connectivity index (χ1) is 16.6. The molecule has 1 aliphatic rings. The van der Waals surface area contributed by atoms with Gasteiger partial charge in [0.25, 0.3) is 5.56 Å². The average molecular weight is 450 g/mol. The van der Waals surface area contributed by atoms with Gasteiger partial charge >= 0.3 is 0 Å². The Labute approximate surface area is 195 Å². The van der Waals surface area contributed by atoms with Crippen molar-refractivity contribution in [3.63, 3.8) is 0 Å². The van der Waals surface area contributed by atoms with E-state index in [4.69, 9.17) is 9.72 Å². The number of hydrogen-bond donors (Lipinski definition) is 1. The summed E-state index contributed by atoms with van der Waals surface area (Å²) in [6.07, 6.45) is 0.704. The SMILES string of the molecule is COc1ccc(NC(=O)Cn2c3c(c4ccccc42)CCn2c-3nc3ccccc3c2=O)cc1. The minimum Gasteiger partial charge on any atom is -0.497 e. The summed E-state index contributed by atoms with van der Waals surface area (Å²) in [5, 5.41) is 4.66. The Morgan fingerprint density at radius 2 is 1.74 bits per heavy atom. The highest BCUT2D eigenvalue weighted by molar-refractivity contribution is 5.96. The predicted octanol–water partition coefficient (Wildman–Crippen LogP) is 4.22.